The van der Waals surface area contributed by atoms with E-state index in [1.165, 1.54) is 57.4 Å². The smallest absolute Gasteiger partial charge is 0.266 e. The van der Waals surface area contributed by atoms with Crippen LogP contribution in [-0.2, 0) is 4.79 Å². The lowest BCUT2D eigenvalue weighted by atomic mass is 9.68. The van der Waals surface area contributed by atoms with Gasteiger partial charge < -0.3 is 0 Å². The predicted molar refractivity (Wildman–Crippen MR) is 107 cm³/mol. The van der Waals surface area contributed by atoms with Crippen LogP contribution >= 0.6 is 0 Å². The van der Waals surface area contributed by atoms with Gasteiger partial charge in [0.25, 0.3) is 6.08 Å². The summed E-state index contributed by atoms with van der Waals surface area (Å²) in [6.07, 6.45) is 18.9. The lowest BCUT2D eigenvalue weighted by molar-refractivity contribution is -0.121. The molecular weight excluding hydrogens is 342 g/mol. The maximum atomic E-state index is 12.4. The van der Waals surface area contributed by atoms with Gasteiger partial charge in [-0.3, -0.25) is 4.79 Å². The second kappa shape index (κ2) is 10.7. The molecule has 154 valence electrons. The SMILES string of the molecule is O=C1CCC(CCCCC2CCC(C3CCC(C=C(F)F)CC3)CC2)CC1. The van der Waals surface area contributed by atoms with Gasteiger partial charge in [-0.15, -0.1) is 0 Å². The Labute approximate surface area is 164 Å². The summed E-state index contributed by atoms with van der Waals surface area (Å²) in [5.74, 6) is 4.00. The molecule has 0 N–H and O–H groups in total. The van der Waals surface area contributed by atoms with E-state index in [4.69, 9.17) is 0 Å². The van der Waals surface area contributed by atoms with Gasteiger partial charge in [0.2, 0.25) is 0 Å². The highest BCUT2D eigenvalue weighted by molar-refractivity contribution is 5.78. The molecule has 3 rings (SSSR count). The van der Waals surface area contributed by atoms with Gasteiger partial charge >= 0.3 is 0 Å². The Kier molecular flexibility index (Phi) is 8.33. The van der Waals surface area contributed by atoms with E-state index in [1.54, 1.807) is 0 Å². The third-order valence-corrected chi connectivity index (χ3v) is 7.87. The quantitative estimate of drug-likeness (QED) is 0.414. The molecule has 1 nitrogen and oxygen atoms in total. The highest BCUT2D eigenvalue weighted by Crippen LogP contribution is 2.42. The molecule has 0 unspecified atom stereocenters. The molecule has 0 radical (unpaired) electrons. The van der Waals surface area contributed by atoms with Crippen molar-refractivity contribution in [3.63, 3.8) is 0 Å². The van der Waals surface area contributed by atoms with Gasteiger partial charge in [-0.1, -0.05) is 38.5 Å². The Morgan fingerprint density at radius 1 is 0.741 bits per heavy atom. The van der Waals surface area contributed by atoms with Gasteiger partial charge in [-0.25, -0.2) is 0 Å². The summed E-state index contributed by atoms with van der Waals surface area (Å²) < 4.78 is 24.8. The maximum absolute atomic E-state index is 12.4. The van der Waals surface area contributed by atoms with Crippen molar-refractivity contribution in [2.75, 3.05) is 0 Å². The number of carbonyl (C=O) groups is 1. The molecule has 0 spiro atoms. The molecule has 3 aliphatic rings. The van der Waals surface area contributed by atoms with Gasteiger partial charge in [-0.05, 0) is 87.0 Å². The largest absolute Gasteiger partial charge is 0.300 e. The first-order valence-electron chi connectivity index (χ1n) is 11.6. The molecule has 0 heterocycles. The molecule has 0 bridgehead atoms. The molecule has 0 atom stereocenters. The molecule has 3 fully saturated rings. The summed E-state index contributed by atoms with van der Waals surface area (Å²) in [7, 11) is 0. The Bertz CT molecular complexity index is 471. The van der Waals surface area contributed by atoms with Crippen LogP contribution in [-0.4, -0.2) is 5.78 Å². The number of unbranched alkanes of at least 4 members (excludes halogenated alkanes) is 1. The number of allylic oxidation sites excluding steroid dienone is 1. The Hall–Kier alpha value is -0.730. The van der Waals surface area contributed by atoms with E-state index < -0.39 is 6.08 Å². The van der Waals surface area contributed by atoms with Crippen LogP contribution in [0.5, 0.6) is 0 Å². The lowest BCUT2D eigenvalue weighted by Crippen LogP contribution is -2.25. The van der Waals surface area contributed by atoms with E-state index >= 15 is 0 Å². The second-order valence-electron chi connectivity index (χ2n) is 9.68. The second-order valence-corrected chi connectivity index (χ2v) is 9.68. The zero-order chi connectivity index (χ0) is 19.1. The summed E-state index contributed by atoms with van der Waals surface area (Å²) >= 11 is 0. The molecule has 3 heteroatoms. The number of hydrogen-bond acceptors (Lipinski definition) is 1. The molecule has 0 aromatic carbocycles. The van der Waals surface area contributed by atoms with Crippen LogP contribution in [0.4, 0.5) is 8.78 Å². The molecular formula is C24H38F2O. The maximum Gasteiger partial charge on any atom is 0.266 e. The Balaban J connectivity index is 1.25. The lowest BCUT2D eigenvalue weighted by Gasteiger charge is -2.37. The highest BCUT2D eigenvalue weighted by Gasteiger charge is 2.30. The van der Waals surface area contributed by atoms with Crippen LogP contribution in [0.3, 0.4) is 0 Å². The third kappa shape index (κ3) is 6.98. The van der Waals surface area contributed by atoms with Gasteiger partial charge in [0.15, 0.2) is 0 Å². The molecule has 0 saturated heterocycles. The minimum absolute atomic E-state index is 0.130. The minimum Gasteiger partial charge on any atom is -0.300 e. The fraction of sp³-hybridized carbons (Fsp3) is 0.875. The number of ketones is 1. The normalized spacial score (nSPS) is 33.0. The van der Waals surface area contributed by atoms with Crippen molar-refractivity contribution in [2.45, 2.75) is 103 Å². The van der Waals surface area contributed by atoms with Crippen LogP contribution < -0.4 is 0 Å². The molecule has 3 aliphatic carbocycles. The molecule has 3 saturated carbocycles. The Morgan fingerprint density at radius 2 is 1.22 bits per heavy atom. The van der Waals surface area contributed by atoms with Crippen molar-refractivity contribution in [2.24, 2.45) is 29.6 Å². The molecule has 0 aromatic rings. The molecule has 27 heavy (non-hydrogen) atoms. The molecule has 0 aliphatic heterocycles. The monoisotopic (exact) mass is 380 g/mol. The number of Topliss-reactive ketones (excluding diaryl/α,β-unsaturated/α-hetero) is 1. The van der Waals surface area contributed by atoms with E-state index in [9.17, 15) is 13.6 Å². The number of halogens is 2. The number of rotatable bonds is 7. The average Bonchev–Trinajstić information content (AvgIpc) is 2.67. The minimum atomic E-state index is -1.49. The van der Waals surface area contributed by atoms with Gasteiger partial charge in [0.05, 0.1) is 0 Å². The van der Waals surface area contributed by atoms with Crippen LogP contribution in [0.2, 0.25) is 0 Å². The van der Waals surface area contributed by atoms with Crippen LogP contribution in [0.25, 0.3) is 0 Å². The predicted octanol–water partition coefficient (Wildman–Crippen LogP) is 7.70. The molecule has 0 aromatic heterocycles. The van der Waals surface area contributed by atoms with Crippen molar-refractivity contribution in [3.8, 4) is 0 Å². The van der Waals surface area contributed by atoms with Gasteiger partial charge in [-0.2, -0.15) is 8.78 Å². The Morgan fingerprint density at radius 3 is 1.74 bits per heavy atom. The first-order valence-corrected chi connectivity index (χ1v) is 11.6. The van der Waals surface area contributed by atoms with E-state index in [1.807, 2.05) is 0 Å². The zero-order valence-electron chi connectivity index (χ0n) is 16.9. The first kappa shape index (κ1) is 21.0. The van der Waals surface area contributed by atoms with Crippen molar-refractivity contribution in [3.05, 3.63) is 12.2 Å². The van der Waals surface area contributed by atoms with Crippen LogP contribution in [0.1, 0.15) is 103 Å². The molecule has 0 amide bonds. The number of hydrogen-bond donors (Lipinski definition) is 0. The fourth-order valence-electron chi connectivity index (χ4n) is 6.06. The third-order valence-electron chi connectivity index (χ3n) is 7.87. The van der Waals surface area contributed by atoms with E-state index in [2.05, 4.69) is 0 Å². The van der Waals surface area contributed by atoms with Crippen molar-refractivity contribution >= 4 is 5.78 Å². The van der Waals surface area contributed by atoms with Crippen molar-refractivity contribution in [1.29, 1.82) is 0 Å². The summed E-state index contributed by atoms with van der Waals surface area (Å²) in [4.78, 5) is 11.3. The van der Waals surface area contributed by atoms with E-state index in [0.29, 0.717) is 5.78 Å². The van der Waals surface area contributed by atoms with Gasteiger partial charge in [0.1, 0.15) is 5.78 Å². The summed E-state index contributed by atoms with van der Waals surface area (Å²) in [5, 5.41) is 0. The first-order chi connectivity index (χ1) is 13.1. The standard InChI is InChI=1S/C24H38F2O/c25-24(26)17-20-7-13-22(14-8-20)21-11-5-18(6-12-21)3-1-2-4-19-9-15-23(27)16-10-19/h17-22H,1-16H2. The number of carbonyl (C=O) groups excluding carboxylic acids is 1. The van der Waals surface area contributed by atoms with E-state index in [0.717, 1.165) is 75.0 Å². The van der Waals surface area contributed by atoms with Crippen molar-refractivity contribution in [1.82, 2.24) is 0 Å². The average molecular weight is 381 g/mol. The van der Waals surface area contributed by atoms with Gasteiger partial charge in [0, 0.05) is 12.8 Å². The fourth-order valence-corrected chi connectivity index (χ4v) is 6.06. The van der Waals surface area contributed by atoms with Crippen LogP contribution in [0.15, 0.2) is 12.2 Å². The highest BCUT2D eigenvalue weighted by atomic mass is 19.3. The van der Waals surface area contributed by atoms with Crippen molar-refractivity contribution < 1.29 is 13.6 Å². The zero-order valence-corrected chi connectivity index (χ0v) is 16.9. The summed E-state index contributed by atoms with van der Waals surface area (Å²) in [6, 6.07) is 0. The summed E-state index contributed by atoms with van der Waals surface area (Å²) in [6.45, 7) is 0. The van der Waals surface area contributed by atoms with E-state index in [-0.39, 0.29) is 5.92 Å². The summed E-state index contributed by atoms with van der Waals surface area (Å²) in [5.41, 5.74) is 0. The van der Waals surface area contributed by atoms with Crippen LogP contribution in [0, 0.1) is 29.6 Å². The topological polar surface area (TPSA) is 17.1 Å².